The topological polar surface area (TPSA) is 104 Å². The predicted molar refractivity (Wildman–Crippen MR) is 53.8 cm³/mol. The van der Waals surface area contributed by atoms with Crippen molar-refractivity contribution >= 4 is 11.8 Å². The molecule has 5 N–H and O–H groups in total. The largest absolute Gasteiger partial charge is 0.381 e. The minimum absolute atomic E-state index is 0.194. The summed E-state index contributed by atoms with van der Waals surface area (Å²) >= 11 is 0. The zero-order valence-corrected chi connectivity index (χ0v) is 8.69. The van der Waals surface area contributed by atoms with Crippen molar-refractivity contribution in [1.29, 1.82) is 0 Å². The van der Waals surface area contributed by atoms with Gasteiger partial charge in [0.05, 0.1) is 12.1 Å². The van der Waals surface area contributed by atoms with Crippen LogP contribution in [0.25, 0.3) is 0 Å². The summed E-state index contributed by atoms with van der Waals surface area (Å²) in [5, 5.41) is 14.8. The van der Waals surface area contributed by atoms with E-state index in [2.05, 4.69) is 10.6 Å². The lowest BCUT2D eigenvalue weighted by Crippen LogP contribution is -2.51. The van der Waals surface area contributed by atoms with Crippen molar-refractivity contribution in [3.05, 3.63) is 0 Å². The van der Waals surface area contributed by atoms with E-state index < -0.39 is 18.1 Å². The zero-order valence-electron chi connectivity index (χ0n) is 8.69. The first-order valence-corrected chi connectivity index (χ1v) is 5.03. The van der Waals surface area contributed by atoms with Crippen LogP contribution in [0.1, 0.15) is 19.8 Å². The molecule has 1 aliphatic heterocycles. The molecule has 1 fully saturated rings. The highest BCUT2D eigenvalue weighted by atomic mass is 16.3. The van der Waals surface area contributed by atoms with Gasteiger partial charge in [0.25, 0.3) is 0 Å². The standard InChI is InChI=1S/C9H17N3O3/c1-5(7(13)8(10)14)12-9(15)6-3-2-4-11-6/h5-7,11,13H,2-4H2,1H3,(H2,10,14)(H,12,15)/t5-,6+,7+/m0/s1. The Balaban J connectivity index is 2.39. The van der Waals surface area contributed by atoms with Gasteiger partial charge in [-0.3, -0.25) is 9.59 Å². The summed E-state index contributed by atoms with van der Waals surface area (Å²) in [6, 6.07) is -0.870. The van der Waals surface area contributed by atoms with Gasteiger partial charge in [0.1, 0.15) is 0 Å². The number of amides is 2. The highest BCUT2D eigenvalue weighted by molar-refractivity contribution is 5.84. The van der Waals surface area contributed by atoms with Crippen molar-refractivity contribution in [1.82, 2.24) is 10.6 Å². The number of carbonyl (C=O) groups excluding carboxylic acids is 2. The van der Waals surface area contributed by atoms with E-state index >= 15 is 0 Å². The van der Waals surface area contributed by atoms with Gasteiger partial charge in [-0.05, 0) is 26.3 Å². The van der Waals surface area contributed by atoms with Crippen LogP contribution in [0.3, 0.4) is 0 Å². The van der Waals surface area contributed by atoms with Gasteiger partial charge >= 0.3 is 0 Å². The first-order chi connectivity index (χ1) is 7.02. The molecular weight excluding hydrogens is 198 g/mol. The molecule has 1 aliphatic rings. The second-order valence-electron chi connectivity index (χ2n) is 3.79. The molecule has 0 saturated carbocycles. The normalized spacial score (nSPS) is 24.5. The summed E-state index contributed by atoms with van der Waals surface area (Å²) in [7, 11) is 0. The van der Waals surface area contributed by atoms with E-state index in [9.17, 15) is 14.7 Å². The third-order valence-corrected chi connectivity index (χ3v) is 2.51. The Morgan fingerprint density at radius 3 is 2.73 bits per heavy atom. The lowest BCUT2D eigenvalue weighted by atomic mass is 10.1. The Morgan fingerprint density at radius 1 is 1.60 bits per heavy atom. The predicted octanol–water partition coefficient (Wildman–Crippen LogP) is -1.91. The highest BCUT2D eigenvalue weighted by Crippen LogP contribution is 2.05. The maximum Gasteiger partial charge on any atom is 0.248 e. The Labute approximate surface area is 88.2 Å². The third-order valence-electron chi connectivity index (χ3n) is 2.51. The molecule has 0 aliphatic carbocycles. The molecule has 0 radical (unpaired) electrons. The van der Waals surface area contributed by atoms with Gasteiger partial charge in [0, 0.05) is 0 Å². The Morgan fingerprint density at radius 2 is 2.27 bits per heavy atom. The van der Waals surface area contributed by atoms with Crippen molar-refractivity contribution in [2.45, 2.75) is 38.0 Å². The fourth-order valence-corrected chi connectivity index (χ4v) is 1.56. The Hall–Kier alpha value is -1.14. The molecule has 0 aromatic heterocycles. The number of aliphatic hydroxyl groups is 1. The summed E-state index contributed by atoms with van der Waals surface area (Å²) in [6.45, 7) is 2.37. The molecule has 3 atom stereocenters. The van der Waals surface area contributed by atoms with Gasteiger partial charge in [-0.15, -0.1) is 0 Å². The van der Waals surface area contributed by atoms with E-state index in [1.165, 1.54) is 0 Å². The molecule has 2 amide bonds. The fraction of sp³-hybridized carbons (Fsp3) is 0.778. The van der Waals surface area contributed by atoms with Gasteiger partial charge in [0.15, 0.2) is 6.10 Å². The number of primary amides is 1. The van der Waals surface area contributed by atoms with Crippen LogP contribution in [0.5, 0.6) is 0 Å². The number of rotatable bonds is 4. The van der Waals surface area contributed by atoms with Crippen LogP contribution in [0.4, 0.5) is 0 Å². The van der Waals surface area contributed by atoms with Crippen molar-refractivity contribution in [2.24, 2.45) is 5.73 Å². The van der Waals surface area contributed by atoms with Gasteiger partial charge in [0.2, 0.25) is 11.8 Å². The number of carbonyl (C=O) groups is 2. The molecule has 1 rings (SSSR count). The van der Waals surface area contributed by atoms with Gasteiger partial charge < -0.3 is 21.5 Å². The monoisotopic (exact) mass is 215 g/mol. The average molecular weight is 215 g/mol. The molecule has 1 saturated heterocycles. The van der Waals surface area contributed by atoms with Crippen LogP contribution in [-0.4, -0.2) is 41.7 Å². The summed E-state index contributed by atoms with van der Waals surface area (Å²) in [5.74, 6) is -1.03. The van der Waals surface area contributed by atoms with E-state index in [4.69, 9.17) is 5.73 Å². The minimum Gasteiger partial charge on any atom is -0.381 e. The molecular formula is C9H17N3O3. The summed E-state index contributed by atoms with van der Waals surface area (Å²) in [5.41, 5.74) is 4.91. The SMILES string of the molecule is C[C@H](NC(=O)[C@H]1CCCN1)[C@@H](O)C(N)=O. The van der Waals surface area contributed by atoms with Crippen LogP contribution in [-0.2, 0) is 9.59 Å². The number of aliphatic hydroxyl groups excluding tert-OH is 1. The molecule has 0 bridgehead atoms. The summed E-state index contributed by atoms with van der Waals surface area (Å²) < 4.78 is 0. The summed E-state index contributed by atoms with van der Waals surface area (Å²) in [4.78, 5) is 22.2. The molecule has 1 heterocycles. The smallest absolute Gasteiger partial charge is 0.248 e. The second-order valence-corrected chi connectivity index (χ2v) is 3.79. The maximum atomic E-state index is 11.5. The first kappa shape index (κ1) is 11.9. The second kappa shape index (κ2) is 5.09. The van der Waals surface area contributed by atoms with Gasteiger partial charge in [-0.2, -0.15) is 0 Å². The summed E-state index contributed by atoms with van der Waals surface area (Å²) in [6.07, 6.45) is 0.408. The number of hydrogen-bond donors (Lipinski definition) is 4. The van der Waals surface area contributed by atoms with E-state index in [0.29, 0.717) is 0 Å². The molecule has 86 valence electrons. The van der Waals surface area contributed by atoms with Crippen LogP contribution in [0.15, 0.2) is 0 Å². The third kappa shape index (κ3) is 3.17. The van der Waals surface area contributed by atoms with E-state index in [1.54, 1.807) is 6.92 Å². The Kier molecular flexibility index (Phi) is 4.05. The molecule has 6 nitrogen and oxygen atoms in total. The first-order valence-electron chi connectivity index (χ1n) is 5.03. The van der Waals surface area contributed by atoms with E-state index in [-0.39, 0.29) is 11.9 Å². The highest BCUT2D eigenvalue weighted by Gasteiger charge is 2.26. The maximum absolute atomic E-state index is 11.5. The molecule has 0 unspecified atom stereocenters. The van der Waals surface area contributed by atoms with Crippen molar-refractivity contribution < 1.29 is 14.7 Å². The Bertz CT molecular complexity index is 251. The van der Waals surface area contributed by atoms with Crippen molar-refractivity contribution in [2.75, 3.05) is 6.54 Å². The van der Waals surface area contributed by atoms with Crippen molar-refractivity contribution in [3.8, 4) is 0 Å². The van der Waals surface area contributed by atoms with E-state index in [0.717, 1.165) is 19.4 Å². The van der Waals surface area contributed by atoms with Crippen LogP contribution in [0.2, 0.25) is 0 Å². The molecule has 15 heavy (non-hydrogen) atoms. The number of nitrogens with two attached hydrogens (primary N) is 1. The lowest BCUT2D eigenvalue weighted by Gasteiger charge is -2.19. The molecule has 0 aromatic carbocycles. The molecule has 6 heteroatoms. The van der Waals surface area contributed by atoms with Crippen molar-refractivity contribution in [3.63, 3.8) is 0 Å². The lowest BCUT2D eigenvalue weighted by molar-refractivity contribution is -0.129. The minimum atomic E-state index is -1.34. The molecule has 0 aromatic rings. The van der Waals surface area contributed by atoms with Crippen LogP contribution >= 0.6 is 0 Å². The van der Waals surface area contributed by atoms with Crippen LogP contribution < -0.4 is 16.4 Å². The average Bonchev–Trinajstić information content (AvgIpc) is 2.68. The molecule has 0 spiro atoms. The number of hydrogen-bond acceptors (Lipinski definition) is 4. The van der Waals surface area contributed by atoms with Crippen LogP contribution in [0, 0.1) is 0 Å². The quantitative estimate of drug-likeness (QED) is 0.439. The van der Waals surface area contributed by atoms with E-state index in [1.807, 2.05) is 0 Å². The van der Waals surface area contributed by atoms with Gasteiger partial charge in [-0.1, -0.05) is 0 Å². The fourth-order valence-electron chi connectivity index (χ4n) is 1.56. The zero-order chi connectivity index (χ0) is 11.4. The van der Waals surface area contributed by atoms with Gasteiger partial charge in [-0.25, -0.2) is 0 Å². The number of nitrogens with one attached hydrogen (secondary N) is 2.